The fourth-order valence-electron chi connectivity index (χ4n) is 2.46. The Kier molecular flexibility index (Phi) is 4.88. The maximum Gasteiger partial charge on any atom is 0.246 e. The van der Waals surface area contributed by atoms with Crippen molar-refractivity contribution in [3.8, 4) is 0 Å². The van der Waals surface area contributed by atoms with Crippen molar-refractivity contribution < 1.29 is 8.42 Å². The zero-order chi connectivity index (χ0) is 15.5. The Balaban J connectivity index is 2.24. The first-order chi connectivity index (χ1) is 9.87. The second-order valence-corrected chi connectivity index (χ2v) is 8.27. The number of hydrogen-bond acceptors (Lipinski definition) is 4. The molecule has 1 aliphatic heterocycles. The minimum Gasteiger partial charge on any atom is -0.384 e. The van der Waals surface area contributed by atoms with E-state index in [1.807, 2.05) is 0 Å². The van der Waals surface area contributed by atoms with Crippen molar-refractivity contribution in [2.45, 2.75) is 44.9 Å². The molecule has 0 radical (unpaired) electrons. The van der Waals surface area contributed by atoms with Gasteiger partial charge in [-0.05, 0) is 30.7 Å². The summed E-state index contributed by atoms with van der Waals surface area (Å²) < 4.78 is 27.2. The summed E-state index contributed by atoms with van der Waals surface area (Å²) in [4.78, 5) is 4.29. The minimum atomic E-state index is -3.46. The zero-order valence-corrected chi connectivity index (χ0v) is 13.9. The number of pyridine rings is 1. The standard InChI is InChI=1S/C15H25N3O2S/c1-4-8-17-13-5-9-16-12-14(13)21(19,20)18-10-6-15(2,3)7-11-18/h5,9,12H,4,6-8,10-11H2,1-3H3,(H,16,17). The molecular weight excluding hydrogens is 286 g/mol. The molecule has 2 heterocycles. The number of sulfonamides is 1. The van der Waals surface area contributed by atoms with Crippen LogP contribution in [0.4, 0.5) is 5.69 Å². The molecule has 5 nitrogen and oxygen atoms in total. The van der Waals surface area contributed by atoms with Crippen LogP contribution in [0.3, 0.4) is 0 Å². The summed E-state index contributed by atoms with van der Waals surface area (Å²) in [7, 11) is -3.46. The van der Waals surface area contributed by atoms with Gasteiger partial charge in [0, 0.05) is 32.0 Å². The molecule has 0 atom stereocenters. The molecule has 1 aromatic heterocycles. The van der Waals surface area contributed by atoms with Gasteiger partial charge in [0.15, 0.2) is 0 Å². The summed E-state index contributed by atoms with van der Waals surface area (Å²) in [5, 5.41) is 3.18. The van der Waals surface area contributed by atoms with Crippen molar-refractivity contribution in [1.29, 1.82) is 0 Å². The summed E-state index contributed by atoms with van der Waals surface area (Å²) in [6.45, 7) is 8.34. The molecule has 0 aliphatic carbocycles. The van der Waals surface area contributed by atoms with E-state index >= 15 is 0 Å². The molecule has 1 aromatic rings. The number of hydrogen-bond donors (Lipinski definition) is 1. The fraction of sp³-hybridized carbons (Fsp3) is 0.667. The van der Waals surface area contributed by atoms with Gasteiger partial charge in [0.25, 0.3) is 0 Å². The molecule has 21 heavy (non-hydrogen) atoms. The summed E-state index contributed by atoms with van der Waals surface area (Å²) in [6.07, 6.45) is 5.80. The second kappa shape index (κ2) is 6.32. The van der Waals surface area contributed by atoms with Crippen molar-refractivity contribution in [2.75, 3.05) is 25.0 Å². The van der Waals surface area contributed by atoms with Crippen molar-refractivity contribution in [1.82, 2.24) is 9.29 Å². The molecule has 1 fully saturated rings. The van der Waals surface area contributed by atoms with Crippen LogP contribution in [-0.4, -0.2) is 37.3 Å². The predicted octanol–water partition coefficient (Wildman–Crippen LogP) is 2.71. The third-order valence-electron chi connectivity index (χ3n) is 4.04. The average molecular weight is 311 g/mol. The Morgan fingerprint density at radius 2 is 2.00 bits per heavy atom. The largest absolute Gasteiger partial charge is 0.384 e. The quantitative estimate of drug-likeness (QED) is 0.908. The third kappa shape index (κ3) is 3.74. The van der Waals surface area contributed by atoms with E-state index in [0.717, 1.165) is 25.8 Å². The van der Waals surface area contributed by atoms with Crippen LogP contribution in [0, 0.1) is 5.41 Å². The third-order valence-corrected chi connectivity index (χ3v) is 5.97. The number of rotatable bonds is 5. The lowest BCUT2D eigenvalue weighted by Gasteiger charge is -2.36. The van der Waals surface area contributed by atoms with Crippen LogP contribution in [0.15, 0.2) is 23.4 Å². The lowest BCUT2D eigenvalue weighted by Crippen LogP contribution is -2.41. The van der Waals surface area contributed by atoms with Crippen molar-refractivity contribution in [3.63, 3.8) is 0 Å². The molecule has 0 saturated carbocycles. The summed E-state index contributed by atoms with van der Waals surface area (Å²) in [6, 6.07) is 1.73. The number of nitrogens with zero attached hydrogens (tertiary/aromatic N) is 2. The van der Waals surface area contributed by atoms with Crippen molar-refractivity contribution in [2.24, 2.45) is 5.41 Å². The van der Waals surface area contributed by atoms with E-state index in [9.17, 15) is 8.42 Å². The Labute approximate surface area is 127 Å². The van der Waals surface area contributed by atoms with Gasteiger partial charge in [0.05, 0.1) is 5.69 Å². The van der Waals surface area contributed by atoms with Gasteiger partial charge in [0.2, 0.25) is 10.0 Å². The Bertz CT molecular complexity index is 574. The molecule has 0 amide bonds. The van der Waals surface area contributed by atoms with Crippen LogP contribution in [0.1, 0.15) is 40.0 Å². The van der Waals surface area contributed by atoms with E-state index in [0.29, 0.717) is 18.8 Å². The van der Waals surface area contributed by atoms with Crippen LogP contribution in [0.2, 0.25) is 0 Å². The summed E-state index contributed by atoms with van der Waals surface area (Å²) in [5.41, 5.74) is 0.876. The second-order valence-electron chi connectivity index (χ2n) is 6.37. The molecule has 0 spiro atoms. The van der Waals surface area contributed by atoms with Crippen molar-refractivity contribution in [3.05, 3.63) is 18.5 Å². The lowest BCUT2D eigenvalue weighted by atomic mass is 9.83. The molecule has 2 rings (SSSR count). The highest BCUT2D eigenvalue weighted by Gasteiger charge is 2.33. The summed E-state index contributed by atoms with van der Waals surface area (Å²) >= 11 is 0. The van der Waals surface area contributed by atoms with E-state index in [1.165, 1.54) is 6.20 Å². The van der Waals surface area contributed by atoms with E-state index in [4.69, 9.17) is 0 Å². The van der Waals surface area contributed by atoms with Crippen LogP contribution in [0.5, 0.6) is 0 Å². The first-order valence-corrected chi connectivity index (χ1v) is 8.99. The van der Waals surface area contributed by atoms with Gasteiger partial charge in [-0.15, -0.1) is 0 Å². The van der Waals surface area contributed by atoms with Crippen LogP contribution >= 0.6 is 0 Å². The zero-order valence-electron chi connectivity index (χ0n) is 13.1. The number of anilines is 1. The molecular formula is C15H25N3O2S. The predicted molar refractivity (Wildman–Crippen MR) is 84.8 cm³/mol. The van der Waals surface area contributed by atoms with Gasteiger partial charge in [0.1, 0.15) is 4.90 Å². The van der Waals surface area contributed by atoms with Gasteiger partial charge in [-0.3, -0.25) is 4.98 Å². The highest BCUT2D eigenvalue weighted by atomic mass is 32.2. The maximum atomic E-state index is 12.8. The first-order valence-electron chi connectivity index (χ1n) is 7.55. The van der Waals surface area contributed by atoms with Gasteiger partial charge in [-0.2, -0.15) is 4.31 Å². The Morgan fingerprint density at radius 1 is 1.33 bits per heavy atom. The molecule has 0 unspecified atom stereocenters. The highest BCUT2D eigenvalue weighted by Crippen LogP contribution is 2.33. The monoisotopic (exact) mass is 311 g/mol. The van der Waals surface area contributed by atoms with Gasteiger partial charge in [-0.1, -0.05) is 20.8 Å². The van der Waals surface area contributed by atoms with Crippen molar-refractivity contribution >= 4 is 15.7 Å². The average Bonchev–Trinajstić information content (AvgIpc) is 2.45. The van der Waals surface area contributed by atoms with E-state index < -0.39 is 10.0 Å². The number of piperidine rings is 1. The van der Waals surface area contributed by atoms with E-state index in [1.54, 1.807) is 16.6 Å². The molecule has 0 bridgehead atoms. The van der Waals surface area contributed by atoms with Crippen LogP contribution in [-0.2, 0) is 10.0 Å². The van der Waals surface area contributed by atoms with E-state index in [2.05, 4.69) is 31.1 Å². The smallest absolute Gasteiger partial charge is 0.246 e. The maximum absolute atomic E-state index is 12.8. The number of nitrogens with one attached hydrogen (secondary N) is 1. The van der Waals surface area contributed by atoms with Gasteiger partial charge < -0.3 is 5.32 Å². The number of aromatic nitrogens is 1. The normalized spacial score (nSPS) is 19.4. The first kappa shape index (κ1) is 16.2. The molecule has 118 valence electrons. The van der Waals surface area contributed by atoms with Gasteiger partial charge >= 0.3 is 0 Å². The van der Waals surface area contributed by atoms with Gasteiger partial charge in [-0.25, -0.2) is 8.42 Å². The molecule has 0 aromatic carbocycles. The molecule has 6 heteroatoms. The minimum absolute atomic E-state index is 0.226. The Hall–Kier alpha value is -1.14. The molecule has 1 aliphatic rings. The fourth-order valence-corrected chi connectivity index (χ4v) is 4.02. The topological polar surface area (TPSA) is 62.3 Å². The van der Waals surface area contributed by atoms with E-state index in [-0.39, 0.29) is 10.3 Å². The SMILES string of the molecule is CCCNc1ccncc1S(=O)(=O)N1CCC(C)(C)CC1. The van der Waals surface area contributed by atoms with Crippen LogP contribution in [0.25, 0.3) is 0 Å². The molecule has 1 N–H and O–H groups in total. The lowest BCUT2D eigenvalue weighted by molar-refractivity contribution is 0.196. The Morgan fingerprint density at radius 3 is 2.62 bits per heavy atom. The van der Waals surface area contributed by atoms with Crippen LogP contribution < -0.4 is 5.32 Å². The highest BCUT2D eigenvalue weighted by molar-refractivity contribution is 7.89. The summed E-state index contributed by atoms with van der Waals surface area (Å²) in [5.74, 6) is 0. The molecule has 1 saturated heterocycles.